The van der Waals surface area contributed by atoms with E-state index < -0.39 is 17.5 Å². The van der Waals surface area contributed by atoms with Gasteiger partial charge in [-0.3, -0.25) is 10.1 Å². The molecule has 28 heavy (non-hydrogen) atoms. The zero-order chi connectivity index (χ0) is 19.8. The Labute approximate surface area is 164 Å². The molecule has 4 aliphatic rings. The maximum absolute atomic E-state index is 13.0. The summed E-state index contributed by atoms with van der Waals surface area (Å²) in [5.41, 5.74) is 2.29. The Kier molecular flexibility index (Phi) is 3.82. The van der Waals surface area contributed by atoms with Gasteiger partial charge in [0, 0.05) is 24.4 Å². The number of esters is 1. The maximum Gasteiger partial charge on any atom is 0.335 e. The number of aliphatic hydroxyl groups is 1. The van der Waals surface area contributed by atoms with Gasteiger partial charge in [-0.2, -0.15) is 0 Å². The summed E-state index contributed by atoms with van der Waals surface area (Å²) in [4.78, 5) is 15.4. The van der Waals surface area contributed by atoms with E-state index in [1.807, 2.05) is 18.2 Å². The second kappa shape index (κ2) is 5.95. The number of aliphatic hydroxyl groups excluding tert-OH is 1. The van der Waals surface area contributed by atoms with Crippen LogP contribution in [0.4, 0.5) is 5.69 Å². The number of methoxy groups -OCH3 is 2. The molecule has 3 heterocycles. The lowest BCUT2D eigenvalue weighted by Crippen LogP contribution is -2.58. The summed E-state index contributed by atoms with van der Waals surface area (Å²) in [6.07, 6.45) is 1.03. The minimum absolute atomic E-state index is 0.0760. The molecule has 150 valence electrons. The van der Waals surface area contributed by atoms with E-state index >= 15 is 0 Å². The summed E-state index contributed by atoms with van der Waals surface area (Å²) in [6.45, 7) is 3.39. The van der Waals surface area contributed by atoms with Crippen molar-refractivity contribution in [3.63, 3.8) is 0 Å². The van der Waals surface area contributed by atoms with Gasteiger partial charge in [-0.1, -0.05) is 12.1 Å². The SMILES string of the molecule is COC(=O)C1=C2N(O)c3c(OC)cccc3[C@@]23CCN2C[C@@H]([C@H](C)O)[C@@H]1C[C@H]23. The second-order valence-electron chi connectivity index (χ2n) is 8.40. The van der Waals surface area contributed by atoms with Crippen LogP contribution in [0.15, 0.2) is 29.5 Å². The number of ether oxygens (including phenoxy) is 2. The number of nitrogens with zero attached hydrogens (tertiary/aromatic N) is 2. The Hall–Kier alpha value is -2.09. The van der Waals surface area contributed by atoms with Crippen molar-refractivity contribution in [1.29, 1.82) is 0 Å². The van der Waals surface area contributed by atoms with Gasteiger partial charge in [-0.15, -0.1) is 0 Å². The summed E-state index contributed by atoms with van der Waals surface area (Å²) in [6, 6.07) is 5.98. The first-order valence-electron chi connectivity index (χ1n) is 9.87. The number of benzene rings is 1. The summed E-state index contributed by atoms with van der Waals surface area (Å²) >= 11 is 0. The number of carbonyl (C=O) groups is 1. The molecule has 1 aromatic rings. The second-order valence-corrected chi connectivity index (χ2v) is 8.40. The van der Waals surface area contributed by atoms with E-state index in [0.29, 0.717) is 22.7 Å². The lowest BCUT2D eigenvalue weighted by Gasteiger charge is -2.51. The molecular weight excluding hydrogens is 360 g/mol. The first-order valence-corrected chi connectivity index (χ1v) is 9.87. The lowest BCUT2D eigenvalue weighted by atomic mass is 9.60. The van der Waals surface area contributed by atoms with Gasteiger partial charge in [-0.05, 0) is 37.9 Å². The average molecular weight is 386 g/mol. The summed E-state index contributed by atoms with van der Waals surface area (Å²) in [7, 11) is 2.96. The molecule has 3 aliphatic heterocycles. The topological polar surface area (TPSA) is 82.5 Å². The molecule has 1 aromatic carbocycles. The van der Waals surface area contributed by atoms with Gasteiger partial charge < -0.3 is 14.6 Å². The summed E-state index contributed by atoms with van der Waals surface area (Å²) < 4.78 is 10.7. The fraction of sp³-hybridized carbons (Fsp3) is 0.571. The molecule has 0 amide bonds. The van der Waals surface area contributed by atoms with Crippen molar-refractivity contribution in [2.45, 2.75) is 37.3 Å². The van der Waals surface area contributed by atoms with Crippen LogP contribution in [0, 0.1) is 11.8 Å². The van der Waals surface area contributed by atoms with Crippen LogP contribution in [0.25, 0.3) is 0 Å². The predicted molar refractivity (Wildman–Crippen MR) is 101 cm³/mol. The van der Waals surface area contributed by atoms with Crippen LogP contribution in [0.1, 0.15) is 25.3 Å². The molecule has 0 saturated carbocycles. The molecule has 0 aromatic heterocycles. The number of fused-ring (bicyclic) bond motifs is 2. The molecule has 0 unspecified atom stereocenters. The molecular formula is C21H26N2O5. The standard InChI is InChI=1S/C21H26N2O5/c1-11(24)13-10-22-8-7-21-14-5-4-6-15(27-2)18(14)23(26)19(21)17(20(25)28-3)12(13)9-16(21)22/h4-6,11-13,16,24,26H,7-10H2,1-3H3/t11-,12-,13-,16-,21+/m0/s1. The zero-order valence-corrected chi connectivity index (χ0v) is 16.4. The Balaban J connectivity index is 1.83. The molecule has 2 bridgehead atoms. The highest BCUT2D eigenvalue weighted by molar-refractivity contribution is 5.94. The van der Waals surface area contributed by atoms with E-state index in [0.717, 1.165) is 36.6 Å². The molecule has 2 saturated heterocycles. The number of hydrogen-bond acceptors (Lipinski definition) is 7. The number of para-hydroxylation sites is 1. The van der Waals surface area contributed by atoms with E-state index in [1.54, 1.807) is 14.0 Å². The van der Waals surface area contributed by atoms with E-state index in [1.165, 1.54) is 7.11 Å². The number of anilines is 1. The van der Waals surface area contributed by atoms with Gasteiger partial charge in [0.2, 0.25) is 0 Å². The van der Waals surface area contributed by atoms with Crippen LogP contribution in [-0.4, -0.2) is 60.6 Å². The third-order valence-corrected chi connectivity index (χ3v) is 7.44. The minimum atomic E-state index is -0.551. The van der Waals surface area contributed by atoms with Gasteiger partial charge in [0.25, 0.3) is 0 Å². The molecule has 1 spiro atoms. The minimum Gasteiger partial charge on any atom is -0.494 e. The third kappa shape index (κ3) is 1.97. The molecule has 0 radical (unpaired) electrons. The highest BCUT2D eigenvalue weighted by atomic mass is 16.5. The first kappa shape index (κ1) is 18.0. The van der Waals surface area contributed by atoms with Crippen LogP contribution in [-0.2, 0) is 14.9 Å². The van der Waals surface area contributed by atoms with Gasteiger partial charge in [0.05, 0.1) is 37.0 Å². The van der Waals surface area contributed by atoms with Crippen LogP contribution in [0.5, 0.6) is 5.75 Å². The van der Waals surface area contributed by atoms with Crippen molar-refractivity contribution in [2.75, 3.05) is 32.4 Å². The zero-order valence-electron chi connectivity index (χ0n) is 16.4. The highest BCUT2D eigenvalue weighted by Gasteiger charge is 2.65. The van der Waals surface area contributed by atoms with E-state index in [9.17, 15) is 15.1 Å². The number of hydroxylamine groups is 1. The number of hydrogen-bond donors (Lipinski definition) is 2. The summed E-state index contributed by atoms with van der Waals surface area (Å²) in [5.74, 6) is -0.0620. The summed E-state index contributed by atoms with van der Waals surface area (Å²) in [5, 5.41) is 22.9. The first-order chi connectivity index (χ1) is 13.5. The van der Waals surface area contributed by atoms with Gasteiger partial charge in [0.15, 0.2) is 0 Å². The van der Waals surface area contributed by atoms with E-state index in [4.69, 9.17) is 9.47 Å². The van der Waals surface area contributed by atoms with Crippen molar-refractivity contribution < 1.29 is 24.6 Å². The number of carbonyl (C=O) groups excluding carboxylic acids is 1. The van der Waals surface area contributed by atoms with Crippen molar-refractivity contribution in [1.82, 2.24) is 4.90 Å². The number of piperidine rings is 1. The monoisotopic (exact) mass is 386 g/mol. The Morgan fingerprint density at radius 2 is 2.14 bits per heavy atom. The average Bonchev–Trinajstić information content (AvgIpc) is 3.22. The highest BCUT2D eigenvalue weighted by Crippen LogP contribution is 2.64. The molecule has 7 heteroatoms. The fourth-order valence-corrected chi connectivity index (χ4v) is 6.33. The Morgan fingerprint density at radius 3 is 2.82 bits per heavy atom. The smallest absolute Gasteiger partial charge is 0.335 e. The number of rotatable bonds is 3. The van der Waals surface area contributed by atoms with Crippen molar-refractivity contribution in [3.8, 4) is 5.75 Å². The Bertz CT molecular complexity index is 882. The van der Waals surface area contributed by atoms with Gasteiger partial charge in [0.1, 0.15) is 11.4 Å². The van der Waals surface area contributed by atoms with E-state index in [2.05, 4.69) is 4.90 Å². The third-order valence-electron chi connectivity index (χ3n) is 7.44. The van der Waals surface area contributed by atoms with Crippen LogP contribution in [0.2, 0.25) is 0 Å². The molecule has 2 N–H and O–H groups in total. The molecule has 1 aliphatic carbocycles. The van der Waals surface area contributed by atoms with Crippen molar-refractivity contribution >= 4 is 11.7 Å². The van der Waals surface area contributed by atoms with Crippen LogP contribution >= 0.6 is 0 Å². The normalized spacial score (nSPS) is 34.2. The largest absolute Gasteiger partial charge is 0.494 e. The van der Waals surface area contributed by atoms with Gasteiger partial charge in [-0.25, -0.2) is 9.86 Å². The Morgan fingerprint density at radius 1 is 1.36 bits per heavy atom. The lowest BCUT2D eigenvalue weighted by molar-refractivity contribution is -0.138. The maximum atomic E-state index is 13.0. The quantitative estimate of drug-likeness (QED) is 0.765. The van der Waals surface area contributed by atoms with Crippen molar-refractivity contribution in [2.24, 2.45) is 11.8 Å². The molecule has 5 rings (SSSR count). The van der Waals surface area contributed by atoms with E-state index in [-0.39, 0.29) is 17.9 Å². The van der Waals surface area contributed by atoms with Crippen molar-refractivity contribution in [3.05, 3.63) is 35.0 Å². The fourth-order valence-electron chi connectivity index (χ4n) is 6.33. The predicted octanol–water partition coefficient (Wildman–Crippen LogP) is 1.67. The van der Waals surface area contributed by atoms with Crippen LogP contribution < -0.4 is 9.80 Å². The van der Waals surface area contributed by atoms with Gasteiger partial charge >= 0.3 is 5.97 Å². The van der Waals surface area contributed by atoms with Crippen LogP contribution in [0.3, 0.4) is 0 Å². The molecule has 7 nitrogen and oxygen atoms in total. The molecule has 2 fully saturated rings. The molecule has 5 atom stereocenters.